The maximum atomic E-state index is 12.4. The Morgan fingerprint density at radius 2 is 1.16 bits per heavy atom. The second-order valence-electron chi connectivity index (χ2n) is 8.86. The highest BCUT2D eigenvalue weighted by atomic mass is 16.6. The summed E-state index contributed by atoms with van der Waals surface area (Å²) in [5.74, 6) is -4.33. The number of esters is 4. The molecule has 0 bridgehead atoms. The maximum Gasteiger partial charge on any atom is 0.328 e. The topological polar surface area (TPSA) is 86.7 Å². The fourth-order valence-corrected chi connectivity index (χ4v) is 2.50. The van der Waals surface area contributed by atoms with Gasteiger partial charge in [-0.2, -0.15) is 0 Å². The van der Waals surface area contributed by atoms with Gasteiger partial charge in [0.05, 0.1) is 10.8 Å². The summed E-state index contributed by atoms with van der Waals surface area (Å²) in [5, 5.41) is 0. The van der Waals surface area contributed by atoms with Crippen LogP contribution in [0.2, 0.25) is 0 Å². The zero-order valence-corrected chi connectivity index (χ0v) is 16.1. The fourth-order valence-electron chi connectivity index (χ4n) is 2.50. The van der Waals surface area contributed by atoms with Gasteiger partial charge < -0.3 is 9.47 Å². The van der Waals surface area contributed by atoms with E-state index in [2.05, 4.69) is 0 Å². The predicted molar refractivity (Wildman–Crippen MR) is 91.2 cm³/mol. The average Bonchev–Trinajstić information content (AvgIpc) is 2.95. The molecule has 0 N–H and O–H groups in total. The molecular weight excluding hydrogens is 324 g/mol. The van der Waals surface area contributed by atoms with E-state index >= 15 is 0 Å². The van der Waals surface area contributed by atoms with Crippen LogP contribution in [0, 0.1) is 22.7 Å². The first kappa shape index (κ1) is 21.3. The van der Waals surface area contributed by atoms with Gasteiger partial charge >= 0.3 is 23.9 Å². The van der Waals surface area contributed by atoms with Crippen molar-refractivity contribution in [2.24, 2.45) is 22.7 Å². The highest BCUT2D eigenvalue weighted by Gasteiger charge is 2.39. The van der Waals surface area contributed by atoms with Crippen LogP contribution < -0.4 is 0 Å². The third-order valence-corrected chi connectivity index (χ3v) is 4.22. The van der Waals surface area contributed by atoms with Crippen molar-refractivity contribution in [2.75, 3.05) is 0 Å². The van der Waals surface area contributed by atoms with Crippen LogP contribution in [0.25, 0.3) is 0 Å². The summed E-state index contributed by atoms with van der Waals surface area (Å²) < 4.78 is 9.77. The van der Waals surface area contributed by atoms with Gasteiger partial charge in [-0.25, -0.2) is 0 Å². The zero-order valence-electron chi connectivity index (χ0n) is 16.1. The molecule has 0 unspecified atom stereocenters. The number of ether oxygens (including phenoxy) is 2. The van der Waals surface area contributed by atoms with Crippen molar-refractivity contribution in [2.45, 2.75) is 73.6 Å². The molecule has 142 valence electrons. The van der Waals surface area contributed by atoms with Crippen LogP contribution in [0.3, 0.4) is 0 Å². The van der Waals surface area contributed by atoms with Crippen LogP contribution in [0.4, 0.5) is 0 Å². The quantitative estimate of drug-likeness (QED) is 0.568. The smallest absolute Gasteiger partial charge is 0.328 e. The standard InChI is InChI=1S/C19H30O6/c1-18(2,3)16(22)24-14(20)13(11-12-9-7-8-10-12)15(21)25-17(23)19(4,5)6/h12-13H,7-11H2,1-6H3. The molecule has 1 saturated carbocycles. The van der Waals surface area contributed by atoms with E-state index in [4.69, 9.17) is 9.47 Å². The SMILES string of the molecule is CC(C)(C)C(=O)OC(=O)C(CC1CCCC1)C(=O)OC(=O)C(C)(C)C. The molecule has 6 nitrogen and oxygen atoms in total. The van der Waals surface area contributed by atoms with E-state index in [1.54, 1.807) is 41.5 Å². The first-order valence-corrected chi connectivity index (χ1v) is 8.84. The fraction of sp³-hybridized carbons (Fsp3) is 0.789. The van der Waals surface area contributed by atoms with Crippen molar-refractivity contribution in [1.29, 1.82) is 0 Å². The number of hydrogen-bond acceptors (Lipinski definition) is 6. The van der Waals surface area contributed by atoms with Gasteiger partial charge in [0.15, 0.2) is 5.92 Å². The average molecular weight is 354 g/mol. The van der Waals surface area contributed by atoms with E-state index < -0.39 is 40.6 Å². The summed E-state index contributed by atoms with van der Waals surface area (Å²) in [4.78, 5) is 48.7. The second kappa shape index (κ2) is 8.11. The number of carbonyl (C=O) groups excluding carboxylic acids is 4. The number of rotatable bonds is 4. The summed E-state index contributed by atoms with van der Waals surface area (Å²) in [6, 6.07) is 0. The lowest BCUT2D eigenvalue weighted by atomic mass is 9.92. The van der Waals surface area contributed by atoms with Crippen molar-refractivity contribution < 1.29 is 28.7 Å². The molecule has 0 atom stereocenters. The lowest BCUT2D eigenvalue weighted by Gasteiger charge is -2.22. The third-order valence-electron chi connectivity index (χ3n) is 4.22. The molecule has 1 aliphatic rings. The molecule has 1 fully saturated rings. The minimum Gasteiger partial charge on any atom is -0.392 e. The molecule has 6 heteroatoms. The first-order chi connectivity index (χ1) is 11.3. The summed E-state index contributed by atoms with van der Waals surface area (Å²) in [7, 11) is 0. The van der Waals surface area contributed by atoms with Gasteiger partial charge in [0, 0.05) is 0 Å². The molecule has 0 amide bonds. The molecule has 0 aromatic rings. The zero-order chi connectivity index (χ0) is 19.4. The predicted octanol–water partition coefficient (Wildman–Crippen LogP) is 3.41. The minimum absolute atomic E-state index is 0.194. The lowest BCUT2D eigenvalue weighted by Crippen LogP contribution is -2.37. The molecule has 25 heavy (non-hydrogen) atoms. The van der Waals surface area contributed by atoms with Crippen LogP contribution in [-0.4, -0.2) is 23.9 Å². The normalized spacial score (nSPS) is 16.0. The molecule has 0 spiro atoms. The van der Waals surface area contributed by atoms with Gasteiger partial charge in [-0.1, -0.05) is 25.7 Å². The third kappa shape index (κ3) is 6.59. The monoisotopic (exact) mass is 354 g/mol. The second-order valence-corrected chi connectivity index (χ2v) is 8.86. The van der Waals surface area contributed by atoms with Crippen LogP contribution >= 0.6 is 0 Å². The maximum absolute atomic E-state index is 12.4. The Kier molecular flexibility index (Phi) is 6.91. The van der Waals surface area contributed by atoms with E-state index in [-0.39, 0.29) is 12.3 Å². The Balaban J connectivity index is 2.87. The molecule has 0 aromatic heterocycles. The van der Waals surface area contributed by atoms with E-state index in [0.29, 0.717) is 0 Å². The molecule has 1 aliphatic carbocycles. The highest BCUT2D eigenvalue weighted by Crippen LogP contribution is 2.32. The Labute approximate surface area is 149 Å². The van der Waals surface area contributed by atoms with Crippen molar-refractivity contribution in [3.05, 3.63) is 0 Å². The van der Waals surface area contributed by atoms with Gasteiger partial charge in [-0.05, 0) is 53.9 Å². The van der Waals surface area contributed by atoms with Gasteiger partial charge in [0.25, 0.3) is 0 Å². The highest BCUT2D eigenvalue weighted by molar-refractivity contribution is 6.03. The van der Waals surface area contributed by atoms with Crippen LogP contribution in [0.15, 0.2) is 0 Å². The van der Waals surface area contributed by atoms with Gasteiger partial charge in [0.2, 0.25) is 0 Å². The molecule has 0 aromatic carbocycles. The van der Waals surface area contributed by atoms with Crippen molar-refractivity contribution in [3.8, 4) is 0 Å². The lowest BCUT2D eigenvalue weighted by molar-refractivity contribution is -0.176. The van der Waals surface area contributed by atoms with Gasteiger partial charge in [-0.15, -0.1) is 0 Å². The van der Waals surface area contributed by atoms with Gasteiger partial charge in [0.1, 0.15) is 0 Å². The Morgan fingerprint density at radius 3 is 1.48 bits per heavy atom. The number of carbonyl (C=O) groups is 4. The largest absolute Gasteiger partial charge is 0.392 e. The minimum atomic E-state index is -1.25. The van der Waals surface area contributed by atoms with Crippen molar-refractivity contribution in [3.63, 3.8) is 0 Å². The Hall–Kier alpha value is -1.72. The molecule has 0 aliphatic heterocycles. The molecule has 0 saturated heterocycles. The van der Waals surface area contributed by atoms with Crippen molar-refractivity contribution in [1.82, 2.24) is 0 Å². The van der Waals surface area contributed by atoms with E-state index in [1.165, 1.54) is 0 Å². The Morgan fingerprint density at radius 1 is 0.800 bits per heavy atom. The van der Waals surface area contributed by atoms with E-state index in [0.717, 1.165) is 25.7 Å². The molecule has 0 heterocycles. The van der Waals surface area contributed by atoms with E-state index in [9.17, 15) is 19.2 Å². The Bertz CT molecular complexity index is 489. The summed E-state index contributed by atoms with van der Waals surface area (Å²) in [6.45, 7) is 9.73. The first-order valence-electron chi connectivity index (χ1n) is 8.84. The molecule has 0 radical (unpaired) electrons. The summed E-state index contributed by atoms with van der Waals surface area (Å²) in [6.07, 6.45) is 4.16. The van der Waals surface area contributed by atoms with E-state index in [1.807, 2.05) is 0 Å². The van der Waals surface area contributed by atoms with Crippen molar-refractivity contribution >= 4 is 23.9 Å². The number of hydrogen-bond donors (Lipinski definition) is 0. The van der Waals surface area contributed by atoms with Crippen LogP contribution in [-0.2, 0) is 28.7 Å². The summed E-state index contributed by atoms with van der Waals surface area (Å²) in [5.41, 5.74) is -1.72. The molecule has 1 rings (SSSR count). The summed E-state index contributed by atoms with van der Waals surface area (Å²) >= 11 is 0. The molecular formula is C19H30O6. The van der Waals surface area contributed by atoms with Crippen LogP contribution in [0.5, 0.6) is 0 Å². The van der Waals surface area contributed by atoms with Crippen LogP contribution in [0.1, 0.15) is 73.6 Å². The van der Waals surface area contributed by atoms with Gasteiger partial charge in [-0.3, -0.25) is 19.2 Å².